The van der Waals surface area contributed by atoms with Gasteiger partial charge in [0.2, 0.25) is 0 Å². The first-order chi connectivity index (χ1) is 6.45. The minimum Gasteiger partial charge on any atom is -0.314 e. The Morgan fingerprint density at radius 3 is 3.15 bits per heavy atom. The van der Waals surface area contributed by atoms with Crippen molar-refractivity contribution in [3.05, 3.63) is 30.1 Å². The fourth-order valence-corrected chi connectivity index (χ4v) is 1.87. The summed E-state index contributed by atoms with van der Waals surface area (Å²) in [6, 6.07) is 6.87. The van der Waals surface area contributed by atoms with Crippen LogP contribution in [0.5, 0.6) is 0 Å². The maximum Gasteiger partial charge on any atom is 0.0404 e. The minimum absolute atomic E-state index is 0.738. The number of rotatable bonds is 3. The molecule has 1 saturated heterocycles. The Hall–Kier alpha value is -0.890. The topological polar surface area (TPSA) is 24.9 Å². The highest BCUT2D eigenvalue weighted by atomic mass is 14.9. The van der Waals surface area contributed by atoms with Gasteiger partial charge in [-0.1, -0.05) is 6.07 Å². The standard InChI is InChI=1S/C11H16N2/c1-2-8-12-10(4-1)6-7-11-5-3-9-13-11/h1-2,4,8,11,13H,3,5-7,9H2. The Balaban J connectivity index is 1.79. The Bertz CT molecular complexity index is 240. The molecule has 1 aliphatic heterocycles. The normalized spacial score (nSPS) is 22.0. The third-order valence-electron chi connectivity index (χ3n) is 2.64. The molecule has 1 aliphatic rings. The van der Waals surface area contributed by atoms with Crippen LogP contribution in [0.4, 0.5) is 0 Å². The third kappa shape index (κ3) is 2.52. The number of hydrogen-bond donors (Lipinski definition) is 1. The van der Waals surface area contributed by atoms with E-state index in [0.29, 0.717) is 0 Å². The molecule has 1 fully saturated rings. The molecule has 2 heteroatoms. The average molecular weight is 176 g/mol. The smallest absolute Gasteiger partial charge is 0.0404 e. The van der Waals surface area contributed by atoms with Gasteiger partial charge < -0.3 is 5.32 Å². The summed E-state index contributed by atoms with van der Waals surface area (Å²) in [5.41, 5.74) is 1.22. The summed E-state index contributed by atoms with van der Waals surface area (Å²) in [5, 5.41) is 3.50. The summed E-state index contributed by atoms with van der Waals surface area (Å²) in [6.07, 6.45) is 6.90. The Morgan fingerprint density at radius 1 is 1.46 bits per heavy atom. The van der Waals surface area contributed by atoms with Gasteiger partial charge in [0.05, 0.1) is 0 Å². The van der Waals surface area contributed by atoms with E-state index in [1.54, 1.807) is 0 Å². The molecule has 0 radical (unpaired) electrons. The summed E-state index contributed by atoms with van der Waals surface area (Å²) < 4.78 is 0. The summed E-state index contributed by atoms with van der Waals surface area (Å²) >= 11 is 0. The molecule has 2 heterocycles. The number of pyridine rings is 1. The summed E-state index contributed by atoms with van der Waals surface area (Å²) in [4.78, 5) is 4.31. The SMILES string of the molecule is c1ccc(CCC2CCCN2)nc1. The van der Waals surface area contributed by atoms with Gasteiger partial charge >= 0.3 is 0 Å². The van der Waals surface area contributed by atoms with E-state index in [2.05, 4.69) is 22.4 Å². The molecule has 2 nitrogen and oxygen atoms in total. The molecule has 1 aromatic rings. The quantitative estimate of drug-likeness (QED) is 0.759. The molecule has 13 heavy (non-hydrogen) atoms. The van der Waals surface area contributed by atoms with Crippen LogP contribution < -0.4 is 5.32 Å². The number of aromatic nitrogens is 1. The largest absolute Gasteiger partial charge is 0.314 e. The molecule has 0 spiro atoms. The highest BCUT2D eigenvalue weighted by Gasteiger charge is 2.13. The van der Waals surface area contributed by atoms with Crippen LogP contribution in [0.2, 0.25) is 0 Å². The van der Waals surface area contributed by atoms with Crippen LogP contribution in [0.25, 0.3) is 0 Å². The van der Waals surface area contributed by atoms with Gasteiger partial charge in [0.15, 0.2) is 0 Å². The maximum atomic E-state index is 4.31. The van der Waals surface area contributed by atoms with Gasteiger partial charge in [0.1, 0.15) is 0 Å². The van der Waals surface area contributed by atoms with E-state index in [9.17, 15) is 0 Å². The highest BCUT2D eigenvalue weighted by molar-refractivity contribution is 5.03. The van der Waals surface area contributed by atoms with Crippen LogP contribution in [0, 0.1) is 0 Å². The molecule has 1 aromatic heterocycles. The van der Waals surface area contributed by atoms with Gasteiger partial charge in [0.25, 0.3) is 0 Å². The van der Waals surface area contributed by atoms with Crippen LogP contribution in [0.1, 0.15) is 25.0 Å². The van der Waals surface area contributed by atoms with Gasteiger partial charge in [-0.3, -0.25) is 4.98 Å². The molecule has 0 amide bonds. The number of nitrogens with zero attached hydrogens (tertiary/aromatic N) is 1. The van der Waals surface area contributed by atoms with Crippen LogP contribution in [0.15, 0.2) is 24.4 Å². The Kier molecular flexibility index (Phi) is 2.93. The molecule has 0 saturated carbocycles. The summed E-state index contributed by atoms with van der Waals surface area (Å²) in [7, 11) is 0. The highest BCUT2D eigenvalue weighted by Crippen LogP contribution is 2.11. The van der Waals surface area contributed by atoms with Crippen molar-refractivity contribution in [2.75, 3.05) is 6.54 Å². The summed E-state index contributed by atoms with van der Waals surface area (Å²) in [6.45, 7) is 1.20. The van der Waals surface area contributed by atoms with E-state index in [1.165, 1.54) is 31.5 Å². The second kappa shape index (κ2) is 4.38. The molecule has 1 N–H and O–H groups in total. The van der Waals surface area contributed by atoms with Crippen molar-refractivity contribution in [3.8, 4) is 0 Å². The van der Waals surface area contributed by atoms with Gasteiger partial charge in [-0.05, 0) is 44.4 Å². The van der Waals surface area contributed by atoms with E-state index in [1.807, 2.05) is 12.3 Å². The van der Waals surface area contributed by atoms with E-state index in [4.69, 9.17) is 0 Å². The monoisotopic (exact) mass is 176 g/mol. The predicted molar refractivity (Wildman–Crippen MR) is 53.6 cm³/mol. The zero-order valence-corrected chi connectivity index (χ0v) is 7.87. The molecule has 2 rings (SSSR count). The van der Waals surface area contributed by atoms with Crippen LogP contribution in [-0.2, 0) is 6.42 Å². The molecule has 1 unspecified atom stereocenters. The van der Waals surface area contributed by atoms with E-state index >= 15 is 0 Å². The van der Waals surface area contributed by atoms with E-state index in [0.717, 1.165) is 12.5 Å². The van der Waals surface area contributed by atoms with E-state index in [-0.39, 0.29) is 0 Å². The zero-order chi connectivity index (χ0) is 8.93. The number of hydrogen-bond acceptors (Lipinski definition) is 2. The predicted octanol–water partition coefficient (Wildman–Crippen LogP) is 1.77. The molecular formula is C11H16N2. The summed E-state index contributed by atoms with van der Waals surface area (Å²) in [5.74, 6) is 0. The van der Waals surface area contributed by atoms with Gasteiger partial charge in [-0.25, -0.2) is 0 Å². The number of aryl methyl sites for hydroxylation is 1. The first-order valence-electron chi connectivity index (χ1n) is 5.08. The van der Waals surface area contributed by atoms with Crippen molar-refractivity contribution in [1.29, 1.82) is 0 Å². The third-order valence-corrected chi connectivity index (χ3v) is 2.64. The van der Waals surface area contributed by atoms with Gasteiger partial charge in [0, 0.05) is 17.9 Å². The van der Waals surface area contributed by atoms with Crippen molar-refractivity contribution in [2.24, 2.45) is 0 Å². The zero-order valence-electron chi connectivity index (χ0n) is 7.87. The van der Waals surface area contributed by atoms with Crippen molar-refractivity contribution >= 4 is 0 Å². The molecular weight excluding hydrogens is 160 g/mol. The van der Waals surface area contributed by atoms with Crippen molar-refractivity contribution < 1.29 is 0 Å². The fraction of sp³-hybridized carbons (Fsp3) is 0.545. The van der Waals surface area contributed by atoms with Crippen LogP contribution in [-0.4, -0.2) is 17.6 Å². The van der Waals surface area contributed by atoms with Crippen molar-refractivity contribution in [3.63, 3.8) is 0 Å². The van der Waals surface area contributed by atoms with Gasteiger partial charge in [-0.2, -0.15) is 0 Å². The second-order valence-electron chi connectivity index (χ2n) is 3.65. The molecule has 0 bridgehead atoms. The first kappa shape index (κ1) is 8.70. The lowest BCUT2D eigenvalue weighted by atomic mass is 10.1. The molecule has 70 valence electrons. The first-order valence-corrected chi connectivity index (χ1v) is 5.08. The molecule has 0 aromatic carbocycles. The Labute approximate surface area is 79.4 Å². The van der Waals surface area contributed by atoms with Crippen LogP contribution >= 0.6 is 0 Å². The molecule has 0 aliphatic carbocycles. The van der Waals surface area contributed by atoms with Crippen LogP contribution in [0.3, 0.4) is 0 Å². The lowest BCUT2D eigenvalue weighted by Gasteiger charge is -2.08. The minimum atomic E-state index is 0.738. The number of nitrogens with one attached hydrogen (secondary N) is 1. The maximum absolute atomic E-state index is 4.31. The van der Waals surface area contributed by atoms with Crippen molar-refractivity contribution in [1.82, 2.24) is 10.3 Å². The van der Waals surface area contributed by atoms with Crippen molar-refractivity contribution in [2.45, 2.75) is 31.7 Å². The molecule has 1 atom stereocenters. The van der Waals surface area contributed by atoms with Gasteiger partial charge in [-0.15, -0.1) is 0 Å². The lowest BCUT2D eigenvalue weighted by Crippen LogP contribution is -2.21. The fourth-order valence-electron chi connectivity index (χ4n) is 1.87. The lowest BCUT2D eigenvalue weighted by molar-refractivity contribution is 0.555. The Morgan fingerprint density at radius 2 is 2.46 bits per heavy atom. The second-order valence-corrected chi connectivity index (χ2v) is 3.65. The average Bonchev–Trinajstić information content (AvgIpc) is 2.69. The van der Waals surface area contributed by atoms with E-state index < -0.39 is 0 Å².